The van der Waals surface area contributed by atoms with E-state index < -0.39 is 0 Å². The molecule has 0 saturated heterocycles. The Bertz CT molecular complexity index is 594. The first-order valence-electron chi connectivity index (χ1n) is 6.35. The molecule has 19 heavy (non-hydrogen) atoms. The second-order valence-corrected chi connectivity index (χ2v) is 5.60. The Morgan fingerprint density at radius 2 is 1.84 bits per heavy atom. The van der Waals surface area contributed by atoms with Crippen LogP contribution in [-0.2, 0) is 5.54 Å². The summed E-state index contributed by atoms with van der Waals surface area (Å²) in [5, 5.41) is 0. The topological polar surface area (TPSA) is 53.1 Å². The lowest BCUT2D eigenvalue weighted by molar-refractivity contribution is 0.393. The van der Waals surface area contributed by atoms with Gasteiger partial charge in [0.25, 0.3) is 0 Å². The maximum Gasteiger partial charge on any atom is 0.132 e. The number of aromatic nitrogens is 2. The standard InChI is InChI=1S/C15H21N3O/c1-10-17-13(14(16)18(10)15(2,3)4)11-8-6-7-9-12(11)19-5/h6-9H,16H2,1-5H3. The normalized spacial score (nSPS) is 11.6. The molecule has 0 unspecified atom stereocenters. The quantitative estimate of drug-likeness (QED) is 0.901. The van der Waals surface area contributed by atoms with E-state index in [0.717, 1.165) is 22.8 Å². The lowest BCUT2D eigenvalue weighted by Gasteiger charge is -2.24. The predicted molar refractivity (Wildman–Crippen MR) is 78.4 cm³/mol. The van der Waals surface area contributed by atoms with Crippen molar-refractivity contribution in [2.45, 2.75) is 33.2 Å². The SMILES string of the molecule is COc1ccccc1-c1nc(C)n(C(C)(C)C)c1N. The van der Waals surface area contributed by atoms with Crippen LogP contribution in [0.15, 0.2) is 24.3 Å². The van der Waals surface area contributed by atoms with Crippen LogP contribution in [0.4, 0.5) is 5.82 Å². The van der Waals surface area contributed by atoms with E-state index in [1.165, 1.54) is 0 Å². The third-order valence-corrected chi connectivity index (χ3v) is 3.11. The molecular formula is C15H21N3O. The molecule has 2 rings (SSSR count). The molecule has 2 N–H and O–H groups in total. The maximum absolute atomic E-state index is 6.29. The molecule has 4 nitrogen and oxygen atoms in total. The number of aryl methyl sites for hydroxylation is 1. The zero-order valence-corrected chi connectivity index (χ0v) is 12.2. The van der Waals surface area contributed by atoms with Gasteiger partial charge in [-0.2, -0.15) is 0 Å². The van der Waals surface area contributed by atoms with Crippen LogP contribution in [0.2, 0.25) is 0 Å². The first-order valence-corrected chi connectivity index (χ1v) is 6.35. The highest BCUT2D eigenvalue weighted by Gasteiger charge is 2.23. The number of methoxy groups -OCH3 is 1. The van der Waals surface area contributed by atoms with Crippen molar-refractivity contribution in [1.29, 1.82) is 0 Å². The van der Waals surface area contributed by atoms with Crippen molar-refractivity contribution in [3.63, 3.8) is 0 Å². The molecule has 1 heterocycles. The molecule has 0 spiro atoms. The molecule has 0 aliphatic carbocycles. The Morgan fingerprint density at radius 1 is 1.21 bits per heavy atom. The van der Waals surface area contributed by atoms with Crippen LogP contribution in [0.1, 0.15) is 26.6 Å². The fraction of sp³-hybridized carbons (Fsp3) is 0.400. The second kappa shape index (κ2) is 4.61. The Labute approximate surface area is 114 Å². The molecule has 0 aliphatic heterocycles. The van der Waals surface area contributed by atoms with Gasteiger partial charge in [0, 0.05) is 11.1 Å². The molecule has 0 bridgehead atoms. The van der Waals surface area contributed by atoms with Crippen molar-refractivity contribution >= 4 is 5.82 Å². The van der Waals surface area contributed by atoms with Crippen LogP contribution in [-0.4, -0.2) is 16.7 Å². The van der Waals surface area contributed by atoms with Crippen molar-refractivity contribution in [1.82, 2.24) is 9.55 Å². The Kier molecular flexibility index (Phi) is 3.27. The van der Waals surface area contributed by atoms with Crippen LogP contribution >= 0.6 is 0 Å². The molecule has 4 heteroatoms. The largest absolute Gasteiger partial charge is 0.496 e. The van der Waals surface area contributed by atoms with E-state index in [-0.39, 0.29) is 5.54 Å². The van der Waals surface area contributed by atoms with Gasteiger partial charge in [-0.1, -0.05) is 12.1 Å². The van der Waals surface area contributed by atoms with Crippen LogP contribution in [0.25, 0.3) is 11.3 Å². The van der Waals surface area contributed by atoms with Gasteiger partial charge in [-0.15, -0.1) is 0 Å². The molecule has 0 atom stereocenters. The number of imidazole rings is 1. The molecule has 0 fully saturated rings. The van der Waals surface area contributed by atoms with Crippen LogP contribution in [0.5, 0.6) is 5.75 Å². The number of ether oxygens (including phenoxy) is 1. The van der Waals surface area contributed by atoms with Crippen LogP contribution in [0, 0.1) is 6.92 Å². The second-order valence-electron chi connectivity index (χ2n) is 5.60. The smallest absolute Gasteiger partial charge is 0.132 e. The fourth-order valence-corrected chi connectivity index (χ4v) is 2.43. The minimum atomic E-state index is -0.0958. The monoisotopic (exact) mass is 259 g/mol. The van der Waals surface area contributed by atoms with Crippen LogP contribution in [0.3, 0.4) is 0 Å². The zero-order valence-electron chi connectivity index (χ0n) is 12.2. The molecule has 1 aromatic carbocycles. The number of nitrogens with zero attached hydrogens (tertiary/aromatic N) is 2. The van der Waals surface area contributed by atoms with Crippen LogP contribution < -0.4 is 10.5 Å². The number of nitrogen functional groups attached to an aromatic ring is 1. The summed E-state index contributed by atoms with van der Waals surface area (Å²) in [5.41, 5.74) is 7.90. The van der Waals surface area contributed by atoms with E-state index in [4.69, 9.17) is 10.5 Å². The molecular weight excluding hydrogens is 238 g/mol. The van der Waals surface area contributed by atoms with Gasteiger partial charge in [-0.3, -0.25) is 0 Å². The van der Waals surface area contributed by atoms with Gasteiger partial charge in [0.15, 0.2) is 0 Å². The lowest BCUT2D eigenvalue weighted by Crippen LogP contribution is -2.24. The third-order valence-electron chi connectivity index (χ3n) is 3.11. The molecule has 1 aromatic heterocycles. The van der Waals surface area contributed by atoms with Crippen molar-refractivity contribution in [3.05, 3.63) is 30.1 Å². The number of anilines is 1. The van der Waals surface area contributed by atoms with E-state index in [0.29, 0.717) is 5.82 Å². The number of rotatable bonds is 2. The number of para-hydroxylation sites is 1. The highest BCUT2D eigenvalue weighted by Crippen LogP contribution is 2.35. The first-order chi connectivity index (χ1) is 8.86. The van der Waals surface area contributed by atoms with E-state index in [1.807, 2.05) is 31.2 Å². The van der Waals surface area contributed by atoms with Gasteiger partial charge in [0.05, 0.1) is 7.11 Å². The van der Waals surface area contributed by atoms with Crippen molar-refractivity contribution in [2.75, 3.05) is 12.8 Å². The molecule has 0 saturated carbocycles. The molecule has 0 amide bonds. The molecule has 0 radical (unpaired) electrons. The number of hydrogen-bond acceptors (Lipinski definition) is 3. The molecule has 0 aliphatic rings. The Morgan fingerprint density at radius 3 is 2.37 bits per heavy atom. The highest BCUT2D eigenvalue weighted by atomic mass is 16.5. The summed E-state index contributed by atoms with van der Waals surface area (Å²) in [6.45, 7) is 8.32. The Hall–Kier alpha value is -1.97. The molecule has 102 valence electrons. The summed E-state index contributed by atoms with van der Waals surface area (Å²) in [7, 11) is 1.66. The van der Waals surface area contributed by atoms with E-state index in [9.17, 15) is 0 Å². The van der Waals surface area contributed by atoms with Gasteiger partial charge in [0.1, 0.15) is 23.1 Å². The maximum atomic E-state index is 6.29. The summed E-state index contributed by atoms with van der Waals surface area (Å²) >= 11 is 0. The summed E-state index contributed by atoms with van der Waals surface area (Å²) in [6.07, 6.45) is 0. The van der Waals surface area contributed by atoms with Gasteiger partial charge < -0.3 is 15.0 Å². The highest BCUT2D eigenvalue weighted by molar-refractivity contribution is 5.76. The number of benzene rings is 1. The van der Waals surface area contributed by atoms with E-state index in [1.54, 1.807) is 7.11 Å². The average molecular weight is 259 g/mol. The summed E-state index contributed by atoms with van der Waals surface area (Å²) in [5.74, 6) is 2.37. The van der Waals surface area contributed by atoms with Gasteiger partial charge in [0.2, 0.25) is 0 Å². The number of hydrogen-bond donors (Lipinski definition) is 1. The lowest BCUT2D eigenvalue weighted by atomic mass is 10.1. The van der Waals surface area contributed by atoms with E-state index in [2.05, 4.69) is 30.3 Å². The fourth-order valence-electron chi connectivity index (χ4n) is 2.43. The number of nitrogens with two attached hydrogens (primary N) is 1. The minimum Gasteiger partial charge on any atom is -0.496 e. The summed E-state index contributed by atoms with van der Waals surface area (Å²) in [4.78, 5) is 4.61. The van der Waals surface area contributed by atoms with E-state index >= 15 is 0 Å². The first kappa shape index (κ1) is 13.5. The summed E-state index contributed by atoms with van der Waals surface area (Å²) < 4.78 is 7.44. The van der Waals surface area contributed by atoms with Gasteiger partial charge >= 0.3 is 0 Å². The van der Waals surface area contributed by atoms with Crippen molar-refractivity contribution < 1.29 is 4.74 Å². The predicted octanol–water partition coefficient (Wildman–Crippen LogP) is 3.20. The van der Waals surface area contributed by atoms with Gasteiger partial charge in [-0.25, -0.2) is 4.98 Å². The van der Waals surface area contributed by atoms with Gasteiger partial charge in [-0.05, 0) is 39.8 Å². The average Bonchev–Trinajstić information content (AvgIpc) is 2.64. The minimum absolute atomic E-state index is 0.0958. The molecule has 2 aromatic rings. The van der Waals surface area contributed by atoms with Crippen molar-refractivity contribution in [2.24, 2.45) is 0 Å². The zero-order chi connectivity index (χ0) is 14.2. The third kappa shape index (κ3) is 2.30. The van der Waals surface area contributed by atoms with Crippen molar-refractivity contribution in [3.8, 4) is 17.0 Å². The summed E-state index contributed by atoms with van der Waals surface area (Å²) in [6, 6.07) is 7.79. The Balaban J connectivity index is 2.65.